The summed E-state index contributed by atoms with van der Waals surface area (Å²) in [6.07, 6.45) is 1.56. The van der Waals surface area contributed by atoms with Crippen molar-refractivity contribution in [3.8, 4) is 11.3 Å². The van der Waals surface area contributed by atoms with E-state index in [4.69, 9.17) is 11.6 Å². The molecule has 0 aliphatic carbocycles. The highest BCUT2D eigenvalue weighted by atomic mass is 35.5. The third-order valence-corrected chi connectivity index (χ3v) is 5.01. The van der Waals surface area contributed by atoms with Gasteiger partial charge < -0.3 is 0 Å². The predicted octanol–water partition coefficient (Wildman–Crippen LogP) is 2.87. The fraction of sp³-hybridized carbons (Fsp3) is 0.200. The second kappa shape index (κ2) is 7.68. The van der Waals surface area contributed by atoms with Crippen LogP contribution in [0.4, 0.5) is 0 Å². The Morgan fingerprint density at radius 1 is 1.13 bits per heavy atom. The molecule has 1 N–H and O–H groups in total. The van der Waals surface area contributed by atoms with Gasteiger partial charge in [0.2, 0.25) is 5.82 Å². The van der Waals surface area contributed by atoms with E-state index in [0.29, 0.717) is 10.8 Å². The van der Waals surface area contributed by atoms with Gasteiger partial charge in [0.1, 0.15) is 0 Å². The van der Waals surface area contributed by atoms with Crippen LogP contribution in [0, 0.1) is 20.8 Å². The zero-order valence-electron chi connectivity index (χ0n) is 16.9. The molecular weight excluding hydrogens is 404 g/mol. The van der Waals surface area contributed by atoms with Gasteiger partial charge in [-0.05, 0) is 39.0 Å². The second-order valence-electron chi connectivity index (χ2n) is 6.84. The maximum absolute atomic E-state index is 12.5. The Morgan fingerprint density at radius 2 is 1.87 bits per heavy atom. The van der Waals surface area contributed by atoms with Crippen molar-refractivity contribution in [1.29, 1.82) is 0 Å². The van der Waals surface area contributed by atoms with E-state index < -0.39 is 5.91 Å². The first-order valence-corrected chi connectivity index (χ1v) is 9.55. The molecule has 1 aromatic carbocycles. The maximum Gasteiger partial charge on any atom is 0.311 e. The highest BCUT2D eigenvalue weighted by Crippen LogP contribution is 2.21. The van der Waals surface area contributed by atoms with Crippen molar-refractivity contribution >= 4 is 29.5 Å². The molecule has 0 radical (unpaired) electrons. The van der Waals surface area contributed by atoms with Crippen LogP contribution in [-0.4, -0.2) is 41.5 Å². The van der Waals surface area contributed by atoms with E-state index in [1.165, 1.54) is 4.52 Å². The number of benzene rings is 1. The summed E-state index contributed by atoms with van der Waals surface area (Å²) < 4.78 is 3.28. The van der Waals surface area contributed by atoms with Crippen LogP contribution in [0.2, 0.25) is 5.02 Å². The van der Waals surface area contributed by atoms with Gasteiger partial charge >= 0.3 is 5.91 Å². The maximum atomic E-state index is 12.5. The van der Waals surface area contributed by atoms with E-state index in [-0.39, 0.29) is 5.82 Å². The van der Waals surface area contributed by atoms with Gasteiger partial charge in [-0.25, -0.2) is 14.9 Å². The van der Waals surface area contributed by atoms with Crippen LogP contribution >= 0.6 is 11.6 Å². The first kappa shape index (κ1) is 19.7. The minimum Gasteiger partial charge on any atom is -0.272 e. The first-order chi connectivity index (χ1) is 14.3. The van der Waals surface area contributed by atoms with Crippen molar-refractivity contribution in [1.82, 2.24) is 34.8 Å². The van der Waals surface area contributed by atoms with Crippen molar-refractivity contribution in [3.05, 3.63) is 63.8 Å². The molecule has 0 saturated carbocycles. The van der Waals surface area contributed by atoms with E-state index in [9.17, 15) is 4.79 Å². The lowest BCUT2D eigenvalue weighted by molar-refractivity contribution is 0.0945. The number of hydrogen-bond acceptors (Lipinski definition) is 6. The van der Waals surface area contributed by atoms with Crippen LogP contribution in [-0.2, 0) is 7.05 Å². The molecule has 0 bridgehead atoms. The lowest BCUT2D eigenvalue weighted by Crippen LogP contribution is -2.19. The molecular formula is C20H19ClN8O. The third-order valence-electron chi connectivity index (χ3n) is 4.76. The van der Waals surface area contributed by atoms with E-state index in [2.05, 4.69) is 30.7 Å². The number of carbonyl (C=O) groups excluding carboxylic acids is 1. The number of amides is 1. The minimum absolute atomic E-state index is 0.0179. The van der Waals surface area contributed by atoms with Crippen LogP contribution in [0.3, 0.4) is 0 Å². The van der Waals surface area contributed by atoms with E-state index >= 15 is 0 Å². The summed E-state index contributed by atoms with van der Waals surface area (Å²) in [5.41, 5.74) is 7.49. The van der Waals surface area contributed by atoms with Gasteiger partial charge in [-0.3, -0.25) is 9.48 Å². The molecule has 9 nitrogen and oxygen atoms in total. The minimum atomic E-state index is -0.525. The molecule has 3 heterocycles. The second-order valence-corrected chi connectivity index (χ2v) is 7.28. The van der Waals surface area contributed by atoms with Crippen LogP contribution in [0.5, 0.6) is 0 Å². The third kappa shape index (κ3) is 3.67. The molecule has 1 amide bonds. The zero-order valence-corrected chi connectivity index (χ0v) is 17.6. The molecule has 0 aliphatic heterocycles. The van der Waals surface area contributed by atoms with Crippen LogP contribution in [0.25, 0.3) is 17.0 Å². The number of aryl methyl sites for hydroxylation is 3. The van der Waals surface area contributed by atoms with Gasteiger partial charge in [0.15, 0.2) is 0 Å². The molecule has 10 heteroatoms. The van der Waals surface area contributed by atoms with Gasteiger partial charge in [-0.1, -0.05) is 23.7 Å². The molecule has 4 aromatic rings. The zero-order chi connectivity index (χ0) is 21.4. The number of rotatable bonds is 4. The molecule has 0 spiro atoms. The van der Waals surface area contributed by atoms with E-state index in [1.807, 2.05) is 46.0 Å². The number of nitrogens with one attached hydrogen (secondary N) is 1. The summed E-state index contributed by atoms with van der Waals surface area (Å²) in [6.45, 7) is 5.68. The van der Waals surface area contributed by atoms with Crippen molar-refractivity contribution in [2.75, 3.05) is 0 Å². The summed E-state index contributed by atoms with van der Waals surface area (Å²) in [4.78, 5) is 21.2. The Bertz CT molecular complexity index is 1290. The Kier molecular flexibility index (Phi) is 5.04. The fourth-order valence-electron chi connectivity index (χ4n) is 3.06. The predicted molar refractivity (Wildman–Crippen MR) is 114 cm³/mol. The lowest BCUT2D eigenvalue weighted by Gasteiger charge is -2.03. The van der Waals surface area contributed by atoms with Crippen LogP contribution in [0.15, 0.2) is 35.4 Å². The average Bonchev–Trinajstić information content (AvgIpc) is 3.25. The molecule has 0 aliphatic rings. The average molecular weight is 423 g/mol. The van der Waals surface area contributed by atoms with E-state index in [1.54, 1.807) is 23.0 Å². The lowest BCUT2D eigenvalue weighted by atomic mass is 10.1. The molecule has 0 atom stereocenters. The van der Waals surface area contributed by atoms with Gasteiger partial charge in [-0.2, -0.15) is 15.2 Å². The molecule has 4 rings (SSSR count). The van der Waals surface area contributed by atoms with Crippen molar-refractivity contribution in [3.63, 3.8) is 0 Å². The van der Waals surface area contributed by atoms with Gasteiger partial charge in [-0.15, -0.1) is 5.10 Å². The Morgan fingerprint density at radius 3 is 2.53 bits per heavy atom. The quantitative estimate of drug-likeness (QED) is 0.402. The molecule has 0 fully saturated rings. The monoisotopic (exact) mass is 422 g/mol. The first-order valence-electron chi connectivity index (χ1n) is 9.17. The Balaban J connectivity index is 1.58. The Hall–Kier alpha value is -3.59. The van der Waals surface area contributed by atoms with E-state index in [0.717, 1.165) is 33.9 Å². The van der Waals surface area contributed by atoms with Crippen LogP contribution in [0.1, 0.15) is 33.3 Å². The van der Waals surface area contributed by atoms with Gasteiger partial charge in [0.05, 0.1) is 17.6 Å². The summed E-state index contributed by atoms with van der Waals surface area (Å²) in [5, 5.41) is 13.2. The van der Waals surface area contributed by atoms with Gasteiger partial charge in [0, 0.05) is 34.6 Å². The number of halogens is 1. The number of hydrazone groups is 1. The normalized spacial score (nSPS) is 11.5. The standard InChI is InChI=1S/C20H19ClN8O/c1-11-9-17(14-5-7-15(21)8-6-14)23-20-24-18(27-29(11)20)19(30)25-22-10-16-12(2)26-28(4)13(16)3/h5-10H,1-4H3,(H,25,30)/b22-10+. The molecule has 3 aromatic heterocycles. The molecule has 152 valence electrons. The number of hydrogen-bond donors (Lipinski definition) is 1. The topological polar surface area (TPSA) is 102 Å². The SMILES string of the molecule is Cc1nn(C)c(C)c1/C=N/NC(=O)c1nc2nc(-c3ccc(Cl)cc3)cc(C)n2n1. The number of carbonyl (C=O) groups is 1. The summed E-state index contributed by atoms with van der Waals surface area (Å²) >= 11 is 5.96. The van der Waals surface area contributed by atoms with Crippen molar-refractivity contribution in [2.45, 2.75) is 20.8 Å². The molecule has 0 saturated heterocycles. The summed E-state index contributed by atoms with van der Waals surface area (Å²) in [6, 6.07) is 9.22. The fourth-order valence-corrected chi connectivity index (χ4v) is 3.18. The molecule has 0 unspecified atom stereocenters. The number of aromatic nitrogens is 6. The smallest absolute Gasteiger partial charge is 0.272 e. The highest BCUT2D eigenvalue weighted by Gasteiger charge is 2.16. The number of nitrogens with zero attached hydrogens (tertiary/aromatic N) is 7. The largest absolute Gasteiger partial charge is 0.311 e. The van der Waals surface area contributed by atoms with Crippen LogP contribution < -0.4 is 5.43 Å². The highest BCUT2D eigenvalue weighted by molar-refractivity contribution is 6.30. The summed E-state index contributed by atoms with van der Waals surface area (Å²) in [7, 11) is 1.85. The van der Waals surface area contributed by atoms with Gasteiger partial charge in [0.25, 0.3) is 5.78 Å². The van der Waals surface area contributed by atoms with Crippen molar-refractivity contribution < 1.29 is 4.79 Å². The van der Waals surface area contributed by atoms with Crippen molar-refractivity contribution in [2.24, 2.45) is 12.1 Å². The molecule has 30 heavy (non-hydrogen) atoms. The Labute approximate surface area is 177 Å². The number of fused-ring (bicyclic) bond motifs is 1. The summed E-state index contributed by atoms with van der Waals surface area (Å²) in [5.74, 6) is -0.216.